The molecule has 2 fully saturated rings. The Morgan fingerprint density at radius 2 is 1.47 bits per heavy atom. The molecule has 0 bridgehead atoms. The first-order chi connectivity index (χ1) is 21.0. The van der Waals surface area contributed by atoms with Crippen molar-refractivity contribution in [3.05, 3.63) is 70.4 Å². The average Bonchev–Trinajstić information content (AvgIpc) is 3.37. The molecule has 3 aliphatic rings. The second-order valence-corrected chi connectivity index (χ2v) is 11.7. The maximum absolute atomic E-state index is 12.7. The molecule has 1 unspecified atom stereocenters. The van der Waals surface area contributed by atoms with Crippen LogP contribution >= 0.6 is 11.6 Å². The van der Waals surface area contributed by atoms with E-state index in [4.69, 9.17) is 31.7 Å². The standard InChI is InChI=1S/C31H35ClN10O/c1-20-25-26(23-10-4-5-11-24(23)32)34-31(43)35-27(25)42(39-20)22-14-12-21(13-15-22)33-28-36-29(40-16-6-2-7-17-40)38-30(37-28)41-18-8-3-9-19-41/h4-5,10-15,26H,2-3,6-9,16-19H2,1H3,(H2,34,35,43)(H,33,36,37,38). The van der Waals surface area contributed by atoms with E-state index >= 15 is 0 Å². The Kier molecular flexibility index (Phi) is 7.48. The number of halogens is 1. The predicted molar refractivity (Wildman–Crippen MR) is 169 cm³/mol. The Labute approximate surface area is 255 Å². The highest BCUT2D eigenvalue weighted by molar-refractivity contribution is 6.31. The Morgan fingerprint density at radius 1 is 0.837 bits per heavy atom. The number of rotatable bonds is 6. The number of anilines is 5. The number of piperidine rings is 2. The molecule has 2 amide bonds. The van der Waals surface area contributed by atoms with E-state index in [1.807, 2.05) is 55.5 Å². The van der Waals surface area contributed by atoms with Crippen LogP contribution < -0.4 is 25.8 Å². The number of benzene rings is 2. The van der Waals surface area contributed by atoms with Crippen LogP contribution in [0.15, 0.2) is 48.5 Å². The summed E-state index contributed by atoms with van der Waals surface area (Å²) in [5, 5.41) is 14.8. The lowest BCUT2D eigenvalue weighted by Crippen LogP contribution is -2.38. The van der Waals surface area contributed by atoms with E-state index in [-0.39, 0.29) is 6.03 Å². The van der Waals surface area contributed by atoms with Crippen LogP contribution in [0.5, 0.6) is 0 Å². The summed E-state index contributed by atoms with van der Waals surface area (Å²) in [6.45, 7) is 5.81. The van der Waals surface area contributed by atoms with E-state index in [0.29, 0.717) is 16.8 Å². The molecule has 3 aliphatic heterocycles. The number of fused-ring (bicyclic) bond motifs is 1. The summed E-state index contributed by atoms with van der Waals surface area (Å²) in [7, 11) is 0. The first kappa shape index (κ1) is 27.5. The zero-order chi connectivity index (χ0) is 29.3. The third-order valence-electron chi connectivity index (χ3n) is 8.38. The normalized spacial score (nSPS) is 18.6. The van der Waals surface area contributed by atoms with Crippen LogP contribution in [0.4, 0.5) is 34.1 Å². The number of amides is 2. The van der Waals surface area contributed by atoms with Gasteiger partial charge >= 0.3 is 6.03 Å². The SMILES string of the molecule is Cc1nn(-c2ccc(Nc3nc(N4CCCCC4)nc(N4CCCCC4)n3)cc2)c2c1C(c1ccccc1Cl)NC(=O)N2. The Bertz CT molecular complexity index is 1590. The van der Waals surface area contributed by atoms with Gasteiger partial charge in [-0.2, -0.15) is 20.1 Å². The van der Waals surface area contributed by atoms with Crippen LogP contribution in [0.25, 0.3) is 5.69 Å². The number of hydrogen-bond acceptors (Lipinski definition) is 8. The molecule has 2 saturated heterocycles. The molecule has 2 aromatic carbocycles. The molecule has 0 saturated carbocycles. The van der Waals surface area contributed by atoms with Gasteiger partial charge in [0, 0.05) is 42.5 Å². The second kappa shape index (κ2) is 11.7. The molecule has 11 nitrogen and oxygen atoms in total. The Morgan fingerprint density at radius 3 is 2.09 bits per heavy atom. The van der Waals surface area contributed by atoms with Crippen molar-refractivity contribution in [2.75, 3.05) is 46.6 Å². The average molecular weight is 599 g/mol. The number of carbonyl (C=O) groups excluding carboxylic acids is 1. The molecule has 5 heterocycles. The summed E-state index contributed by atoms with van der Waals surface area (Å²) >= 11 is 6.51. The fraction of sp³-hybridized carbons (Fsp3) is 0.387. The third-order valence-corrected chi connectivity index (χ3v) is 8.72. The largest absolute Gasteiger partial charge is 0.341 e. The molecule has 3 N–H and O–H groups in total. The van der Waals surface area contributed by atoms with Crippen molar-refractivity contribution in [1.29, 1.82) is 0 Å². The van der Waals surface area contributed by atoms with Crippen LogP contribution in [0, 0.1) is 6.92 Å². The van der Waals surface area contributed by atoms with Gasteiger partial charge < -0.3 is 20.4 Å². The minimum atomic E-state index is -0.404. The summed E-state index contributed by atoms with van der Waals surface area (Å²) in [4.78, 5) is 31.8. The van der Waals surface area contributed by atoms with Crippen molar-refractivity contribution in [3.63, 3.8) is 0 Å². The quantitative estimate of drug-likeness (QED) is 0.249. The summed E-state index contributed by atoms with van der Waals surface area (Å²) in [6, 6.07) is 14.7. The Hall–Kier alpha value is -4.38. The molecule has 0 radical (unpaired) electrons. The van der Waals surface area contributed by atoms with Gasteiger partial charge in [0.2, 0.25) is 17.8 Å². The number of aryl methyl sites for hydroxylation is 1. The van der Waals surface area contributed by atoms with Crippen LogP contribution in [0.3, 0.4) is 0 Å². The lowest BCUT2D eigenvalue weighted by molar-refractivity contribution is 0.249. The molecule has 222 valence electrons. The van der Waals surface area contributed by atoms with Crippen molar-refractivity contribution in [2.24, 2.45) is 0 Å². The summed E-state index contributed by atoms with van der Waals surface area (Å²) in [5.74, 6) is 2.65. The van der Waals surface area contributed by atoms with Crippen LogP contribution in [-0.4, -0.2) is 56.9 Å². The van der Waals surface area contributed by atoms with E-state index in [1.165, 1.54) is 12.8 Å². The van der Waals surface area contributed by atoms with Gasteiger partial charge in [0.15, 0.2) is 0 Å². The van der Waals surface area contributed by atoms with E-state index in [9.17, 15) is 4.79 Å². The number of hydrogen-bond donors (Lipinski definition) is 3. The van der Waals surface area contributed by atoms with Gasteiger partial charge in [-0.05, 0) is 81.3 Å². The molecule has 4 aromatic rings. The molecule has 1 atom stereocenters. The van der Waals surface area contributed by atoms with Gasteiger partial charge in [-0.3, -0.25) is 5.32 Å². The van der Waals surface area contributed by atoms with E-state index < -0.39 is 6.04 Å². The van der Waals surface area contributed by atoms with Crippen molar-refractivity contribution in [1.82, 2.24) is 30.0 Å². The maximum Gasteiger partial charge on any atom is 0.321 e. The highest BCUT2D eigenvalue weighted by Crippen LogP contribution is 2.38. The zero-order valence-corrected chi connectivity index (χ0v) is 24.9. The first-order valence-electron chi connectivity index (χ1n) is 15.1. The summed E-state index contributed by atoms with van der Waals surface area (Å²) in [6.07, 6.45) is 7.11. The van der Waals surface area contributed by atoms with Gasteiger partial charge in [-0.1, -0.05) is 29.8 Å². The highest BCUT2D eigenvalue weighted by atomic mass is 35.5. The molecular formula is C31H35ClN10O. The number of aromatic nitrogens is 5. The highest BCUT2D eigenvalue weighted by Gasteiger charge is 2.33. The smallest absolute Gasteiger partial charge is 0.321 e. The van der Waals surface area contributed by atoms with Crippen LogP contribution in [0.1, 0.15) is 61.4 Å². The summed E-state index contributed by atoms with van der Waals surface area (Å²) < 4.78 is 1.77. The zero-order valence-electron chi connectivity index (χ0n) is 24.2. The molecular weight excluding hydrogens is 564 g/mol. The number of carbonyl (C=O) groups is 1. The first-order valence-corrected chi connectivity index (χ1v) is 15.5. The van der Waals surface area contributed by atoms with Gasteiger partial charge in [0.1, 0.15) is 5.82 Å². The van der Waals surface area contributed by atoms with Crippen LogP contribution in [-0.2, 0) is 0 Å². The fourth-order valence-electron chi connectivity index (χ4n) is 6.18. The van der Waals surface area contributed by atoms with E-state index in [2.05, 4.69) is 25.8 Å². The van der Waals surface area contributed by atoms with Gasteiger partial charge in [-0.15, -0.1) is 0 Å². The lowest BCUT2D eigenvalue weighted by Gasteiger charge is -2.30. The number of urea groups is 1. The van der Waals surface area contributed by atoms with Crippen LogP contribution in [0.2, 0.25) is 5.02 Å². The number of nitrogens with zero attached hydrogens (tertiary/aromatic N) is 7. The molecule has 7 rings (SSSR count). The van der Waals surface area contributed by atoms with E-state index in [0.717, 1.165) is 92.0 Å². The van der Waals surface area contributed by atoms with Gasteiger partial charge in [0.05, 0.1) is 17.4 Å². The second-order valence-electron chi connectivity index (χ2n) is 11.3. The van der Waals surface area contributed by atoms with Crippen molar-refractivity contribution >= 4 is 47.0 Å². The van der Waals surface area contributed by atoms with Crippen molar-refractivity contribution < 1.29 is 4.79 Å². The minimum Gasteiger partial charge on any atom is -0.341 e. The van der Waals surface area contributed by atoms with Crippen molar-refractivity contribution in [2.45, 2.75) is 51.5 Å². The topological polar surface area (TPSA) is 116 Å². The third kappa shape index (κ3) is 5.56. The fourth-order valence-corrected chi connectivity index (χ4v) is 6.42. The molecule has 2 aromatic heterocycles. The monoisotopic (exact) mass is 598 g/mol. The van der Waals surface area contributed by atoms with Gasteiger partial charge in [-0.25, -0.2) is 9.48 Å². The van der Waals surface area contributed by atoms with E-state index in [1.54, 1.807) is 4.68 Å². The molecule has 12 heteroatoms. The molecule has 0 spiro atoms. The molecule has 0 aliphatic carbocycles. The predicted octanol–water partition coefficient (Wildman–Crippen LogP) is 5.97. The maximum atomic E-state index is 12.7. The summed E-state index contributed by atoms with van der Waals surface area (Å²) in [5.41, 5.74) is 4.17. The molecule has 43 heavy (non-hydrogen) atoms. The number of nitrogens with one attached hydrogen (secondary N) is 3. The van der Waals surface area contributed by atoms with Gasteiger partial charge in [0.25, 0.3) is 0 Å². The lowest BCUT2D eigenvalue weighted by atomic mass is 9.97. The van der Waals surface area contributed by atoms with Crippen molar-refractivity contribution in [3.8, 4) is 5.69 Å². The minimum absolute atomic E-state index is 0.305. The Balaban J connectivity index is 1.17.